The molecule has 2 rings (SSSR count). The summed E-state index contributed by atoms with van der Waals surface area (Å²) in [5, 5.41) is 0. The Balaban J connectivity index is 2.14. The Morgan fingerprint density at radius 1 is 1.38 bits per heavy atom. The molecule has 3 nitrogen and oxygen atoms in total. The van der Waals surface area contributed by atoms with Crippen LogP contribution in [0.1, 0.15) is 13.8 Å². The number of imidazole rings is 1. The molecule has 1 N–H and O–H groups in total. The second kappa shape index (κ2) is 4.84. The number of hydrogen-bond donors (Lipinski definition) is 1. The number of H-pyrrole nitrogens is 1. The van der Waals surface area contributed by atoms with Gasteiger partial charge in [0, 0.05) is 18.0 Å². The van der Waals surface area contributed by atoms with Gasteiger partial charge in [-0.05, 0) is 18.1 Å². The summed E-state index contributed by atoms with van der Waals surface area (Å²) >= 11 is 0. The second-order valence-electron chi connectivity index (χ2n) is 4.17. The number of ether oxygens (including phenoxy) is 1. The molecule has 84 valence electrons. The summed E-state index contributed by atoms with van der Waals surface area (Å²) in [6.45, 7) is 5.01. The maximum Gasteiger partial charge on any atom is 0.137 e. The van der Waals surface area contributed by atoms with Crippen LogP contribution in [-0.2, 0) is 0 Å². The zero-order valence-electron chi connectivity index (χ0n) is 9.60. The quantitative estimate of drug-likeness (QED) is 0.852. The van der Waals surface area contributed by atoms with Crippen molar-refractivity contribution in [3.8, 4) is 17.1 Å². The number of hydrogen-bond acceptors (Lipinski definition) is 2. The fraction of sp³-hybridized carbons (Fsp3) is 0.308. The topological polar surface area (TPSA) is 37.9 Å². The lowest BCUT2D eigenvalue weighted by atomic mass is 10.2. The van der Waals surface area contributed by atoms with Crippen LogP contribution in [0, 0.1) is 5.92 Å². The first-order valence-corrected chi connectivity index (χ1v) is 5.48. The van der Waals surface area contributed by atoms with E-state index in [1.54, 1.807) is 6.20 Å². The molecule has 0 bridgehead atoms. The summed E-state index contributed by atoms with van der Waals surface area (Å²) in [5.74, 6) is 2.30. The zero-order valence-corrected chi connectivity index (χ0v) is 9.60. The maximum atomic E-state index is 5.66. The molecule has 1 aromatic carbocycles. The van der Waals surface area contributed by atoms with Gasteiger partial charge in [-0.1, -0.05) is 26.0 Å². The summed E-state index contributed by atoms with van der Waals surface area (Å²) in [4.78, 5) is 7.29. The van der Waals surface area contributed by atoms with Crippen LogP contribution in [0.3, 0.4) is 0 Å². The molecule has 0 aliphatic rings. The normalized spacial score (nSPS) is 10.7. The third kappa shape index (κ3) is 2.63. The maximum absolute atomic E-state index is 5.66. The van der Waals surface area contributed by atoms with E-state index in [4.69, 9.17) is 4.74 Å². The molecule has 0 unspecified atom stereocenters. The smallest absolute Gasteiger partial charge is 0.137 e. The number of nitrogens with one attached hydrogen (secondary N) is 1. The lowest BCUT2D eigenvalue weighted by Gasteiger charge is -2.09. The van der Waals surface area contributed by atoms with Gasteiger partial charge >= 0.3 is 0 Å². The molecule has 0 radical (unpaired) electrons. The largest absolute Gasteiger partial charge is 0.493 e. The van der Waals surface area contributed by atoms with Gasteiger partial charge in [0.15, 0.2) is 0 Å². The van der Waals surface area contributed by atoms with E-state index in [-0.39, 0.29) is 0 Å². The first-order chi connectivity index (χ1) is 7.75. The van der Waals surface area contributed by atoms with E-state index >= 15 is 0 Å². The van der Waals surface area contributed by atoms with Crippen molar-refractivity contribution in [3.05, 3.63) is 36.7 Å². The van der Waals surface area contributed by atoms with Crippen molar-refractivity contribution in [2.75, 3.05) is 6.61 Å². The molecule has 0 aliphatic heterocycles. The summed E-state index contributed by atoms with van der Waals surface area (Å²) in [6, 6.07) is 7.96. The minimum absolute atomic E-state index is 0.535. The van der Waals surface area contributed by atoms with Crippen LogP contribution in [0.4, 0.5) is 0 Å². The van der Waals surface area contributed by atoms with Crippen molar-refractivity contribution < 1.29 is 4.74 Å². The van der Waals surface area contributed by atoms with Gasteiger partial charge in [-0.3, -0.25) is 0 Å². The second-order valence-corrected chi connectivity index (χ2v) is 4.17. The van der Waals surface area contributed by atoms with Gasteiger partial charge in [-0.15, -0.1) is 0 Å². The predicted octanol–water partition coefficient (Wildman–Crippen LogP) is 3.11. The van der Waals surface area contributed by atoms with Crippen LogP contribution in [0.25, 0.3) is 11.4 Å². The van der Waals surface area contributed by atoms with Crippen LogP contribution in [-0.4, -0.2) is 16.6 Å². The number of aromatic amines is 1. The van der Waals surface area contributed by atoms with Crippen LogP contribution < -0.4 is 4.74 Å². The molecule has 1 aromatic heterocycles. The molecule has 0 spiro atoms. The Kier molecular flexibility index (Phi) is 3.25. The molecule has 0 fully saturated rings. The monoisotopic (exact) mass is 216 g/mol. The Labute approximate surface area is 95.5 Å². The summed E-state index contributed by atoms with van der Waals surface area (Å²) in [5.41, 5.74) is 1.05. The summed E-state index contributed by atoms with van der Waals surface area (Å²) in [7, 11) is 0. The summed E-state index contributed by atoms with van der Waals surface area (Å²) < 4.78 is 5.66. The highest BCUT2D eigenvalue weighted by Gasteiger charge is 2.02. The standard InChI is InChI=1S/C13H16N2O/c1-10(2)9-16-12-5-3-4-11(8-12)13-14-6-7-15-13/h3-8,10H,9H2,1-2H3,(H,14,15). The van der Waals surface area contributed by atoms with Crippen LogP contribution >= 0.6 is 0 Å². The highest BCUT2D eigenvalue weighted by molar-refractivity contribution is 5.57. The van der Waals surface area contributed by atoms with Gasteiger partial charge in [0.25, 0.3) is 0 Å². The Bertz CT molecular complexity index is 435. The van der Waals surface area contributed by atoms with Gasteiger partial charge in [0.2, 0.25) is 0 Å². The molecule has 0 atom stereocenters. The average Bonchev–Trinajstić information content (AvgIpc) is 2.80. The van der Waals surface area contributed by atoms with E-state index in [0.717, 1.165) is 23.7 Å². The fourth-order valence-electron chi connectivity index (χ4n) is 1.42. The SMILES string of the molecule is CC(C)COc1cccc(-c2ncc[nH]2)c1. The number of nitrogens with zero attached hydrogens (tertiary/aromatic N) is 1. The minimum atomic E-state index is 0.535. The van der Waals surface area contributed by atoms with Gasteiger partial charge < -0.3 is 9.72 Å². The summed E-state index contributed by atoms with van der Waals surface area (Å²) in [6.07, 6.45) is 3.56. The molecule has 2 aromatic rings. The average molecular weight is 216 g/mol. The third-order valence-electron chi connectivity index (χ3n) is 2.19. The van der Waals surface area contributed by atoms with E-state index in [0.29, 0.717) is 5.92 Å². The van der Waals surface area contributed by atoms with Crippen molar-refractivity contribution in [1.29, 1.82) is 0 Å². The molecule has 0 saturated carbocycles. The first kappa shape index (κ1) is 10.7. The van der Waals surface area contributed by atoms with Gasteiger partial charge in [-0.2, -0.15) is 0 Å². The van der Waals surface area contributed by atoms with Gasteiger partial charge in [0.05, 0.1) is 6.61 Å². The van der Waals surface area contributed by atoms with E-state index < -0.39 is 0 Å². The van der Waals surface area contributed by atoms with Crippen LogP contribution in [0.2, 0.25) is 0 Å². The lowest BCUT2D eigenvalue weighted by Crippen LogP contribution is -2.04. The molecule has 16 heavy (non-hydrogen) atoms. The van der Waals surface area contributed by atoms with Crippen molar-refractivity contribution >= 4 is 0 Å². The number of benzene rings is 1. The first-order valence-electron chi connectivity index (χ1n) is 5.48. The van der Waals surface area contributed by atoms with Crippen LogP contribution in [0.15, 0.2) is 36.7 Å². The highest BCUT2D eigenvalue weighted by atomic mass is 16.5. The van der Waals surface area contributed by atoms with Gasteiger partial charge in [-0.25, -0.2) is 4.98 Å². The van der Waals surface area contributed by atoms with Crippen molar-refractivity contribution in [2.45, 2.75) is 13.8 Å². The van der Waals surface area contributed by atoms with Crippen molar-refractivity contribution in [1.82, 2.24) is 9.97 Å². The van der Waals surface area contributed by atoms with Crippen molar-refractivity contribution in [3.63, 3.8) is 0 Å². The van der Waals surface area contributed by atoms with Crippen molar-refractivity contribution in [2.24, 2.45) is 5.92 Å². The lowest BCUT2D eigenvalue weighted by molar-refractivity contribution is 0.271. The predicted molar refractivity (Wildman–Crippen MR) is 64.4 cm³/mol. The number of aromatic nitrogens is 2. The molecule has 0 aliphatic carbocycles. The van der Waals surface area contributed by atoms with E-state index in [2.05, 4.69) is 23.8 Å². The molecular weight excluding hydrogens is 200 g/mol. The van der Waals surface area contributed by atoms with Crippen LogP contribution in [0.5, 0.6) is 5.75 Å². The van der Waals surface area contributed by atoms with Gasteiger partial charge in [0.1, 0.15) is 11.6 Å². The Morgan fingerprint density at radius 3 is 2.94 bits per heavy atom. The third-order valence-corrected chi connectivity index (χ3v) is 2.19. The fourth-order valence-corrected chi connectivity index (χ4v) is 1.42. The molecular formula is C13H16N2O. The van der Waals surface area contributed by atoms with E-state index in [1.807, 2.05) is 30.5 Å². The van der Waals surface area contributed by atoms with E-state index in [9.17, 15) is 0 Å². The molecule has 1 heterocycles. The molecule has 3 heteroatoms. The molecule has 0 saturated heterocycles. The zero-order chi connectivity index (χ0) is 11.4. The van der Waals surface area contributed by atoms with E-state index in [1.165, 1.54) is 0 Å². The Hall–Kier alpha value is -1.77. The highest BCUT2D eigenvalue weighted by Crippen LogP contribution is 2.20. The number of rotatable bonds is 4. The molecule has 0 amide bonds. The Morgan fingerprint density at radius 2 is 2.25 bits per heavy atom. The minimum Gasteiger partial charge on any atom is -0.493 e.